The zero-order chi connectivity index (χ0) is 14.1. The molecule has 0 radical (unpaired) electrons. The van der Waals surface area contributed by atoms with Gasteiger partial charge in [0.05, 0.1) is 6.20 Å². The molecule has 0 aliphatic heterocycles. The van der Waals surface area contributed by atoms with Crippen LogP contribution >= 0.6 is 0 Å². The van der Waals surface area contributed by atoms with Crippen molar-refractivity contribution in [2.75, 3.05) is 5.32 Å². The molecular weight excluding hydrogens is 250 g/mol. The second-order valence-corrected chi connectivity index (χ2v) is 5.89. The molecule has 0 aromatic carbocycles. The van der Waals surface area contributed by atoms with E-state index in [1.807, 2.05) is 10.6 Å². The van der Waals surface area contributed by atoms with E-state index >= 15 is 0 Å². The summed E-state index contributed by atoms with van der Waals surface area (Å²) in [4.78, 5) is 4.69. The Morgan fingerprint density at radius 3 is 3.05 bits per heavy atom. The van der Waals surface area contributed by atoms with Gasteiger partial charge in [0.15, 0.2) is 5.65 Å². The van der Waals surface area contributed by atoms with E-state index in [4.69, 9.17) is 10.7 Å². The minimum atomic E-state index is 0.330. The van der Waals surface area contributed by atoms with E-state index in [2.05, 4.69) is 30.3 Å². The van der Waals surface area contributed by atoms with Crippen molar-refractivity contribution in [2.24, 2.45) is 5.73 Å². The van der Waals surface area contributed by atoms with Crippen molar-refractivity contribution in [1.82, 2.24) is 14.6 Å². The Labute approximate surface area is 119 Å². The fraction of sp³-hybridized carbons (Fsp3) is 0.600. The van der Waals surface area contributed by atoms with Gasteiger partial charge >= 0.3 is 0 Å². The molecule has 3 N–H and O–H groups in total. The normalized spacial score (nSPS) is 24.1. The first-order valence-electron chi connectivity index (χ1n) is 7.54. The first kappa shape index (κ1) is 13.4. The lowest BCUT2D eigenvalue weighted by atomic mass is 10.0. The number of nitrogens with two attached hydrogens (primary N) is 1. The highest BCUT2D eigenvalue weighted by atomic mass is 15.3. The van der Waals surface area contributed by atoms with Gasteiger partial charge in [-0.3, -0.25) is 0 Å². The molecule has 20 heavy (non-hydrogen) atoms. The van der Waals surface area contributed by atoms with Crippen molar-refractivity contribution in [3.05, 3.63) is 24.0 Å². The number of fused-ring (bicyclic) bond motifs is 1. The number of hydrogen-bond donors (Lipinski definition) is 2. The molecule has 1 saturated carbocycles. The first-order chi connectivity index (χ1) is 9.67. The van der Waals surface area contributed by atoms with Crippen molar-refractivity contribution in [3.8, 4) is 0 Å². The molecule has 5 heteroatoms. The van der Waals surface area contributed by atoms with Crippen LogP contribution in [0.15, 0.2) is 18.3 Å². The van der Waals surface area contributed by atoms with Crippen LogP contribution in [0.25, 0.3) is 5.65 Å². The highest BCUT2D eigenvalue weighted by molar-refractivity contribution is 5.50. The van der Waals surface area contributed by atoms with E-state index in [1.165, 1.54) is 0 Å². The third-order valence-electron chi connectivity index (χ3n) is 4.32. The van der Waals surface area contributed by atoms with Gasteiger partial charge in [-0.25, -0.2) is 4.98 Å². The van der Waals surface area contributed by atoms with E-state index < -0.39 is 0 Å². The standard InChI is InChI=1S/C15H23N5/c1-3-10(2)13-9-15(18-12-5-4-11(16)8-12)20-14(19-13)6-7-17-20/h6-7,9-12,18H,3-5,8,16H2,1-2H3/t10?,11-,12-/m0/s1. The summed E-state index contributed by atoms with van der Waals surface area (Å²) in [6.45, 7) is 4.40. The van der Waals surface area contributed by atoms with E-state index in [0.29, 0.717) is 18.0 Å². The number of hydrogen-bond acceptors (Lipinski definition) is 4. The van der Waals surface area contributed by atoms with Crippen LogP contribution in [0.1, 0.15) is 51.1 Å². The smallest absolute Gasteiger partial charge is 0.157 e. The Kier molecular flexibility index (Phi) is 3.61. The Morgan fingerprint density at radius 2 is 2.35 bits per heavy atom. The van der Waals surface area contributed by atoms with Crippen molar-refractivity contribution in [1.29, 1.82) is 0 Å². The van der Waals surface area contributed by atoms with Gasteiger partial charge < -0.3 is 11.1 Å². The Bertz CT molecular complexity index is 591. The quantitative estimate of drug-likeness (QED) is 0.898. The summed E-state index contributed by atoms with van der Waals surface area (Å²) in [6.07, 6.45) is 6.15. The maximum atomic E-state index is 6.00. The summed E-state index contributed by atoms with van der Waals surface area (Å²) in [6, 6.07) is 4.87. The van der Waals surface area contributed by atoms with E-state index in [1.54, 1.807) is 6.20 Å². The average Bonchev–Trinajstić information content (AvgIpc) is 3.06. The van der Waals surface area contributed by atoms with Gasteiger partial charge in [0, 0.05) is 29.9 Å². The summed E-state index contributed by atoms with van der Waals surface area (Å²) < 4.78 is 1.88. The Hall–Kier alpha value is -1.62. The van der Waals surface area contributed by atoms with Gasteiger partial charge in [-0.15, -0.1) is 0 Å². The summed E-state index contributed by atoms with van der Waals surface area (Å²) in [5.74, 6) is 1.50. The molecule has 1 aliphatic carbocycles. The molecule has 3 rings (SSSR count). The fourth-order valence-electron chi connectivity index (χ4n) is 2.85. The van der Waals surface area contributed by atoms with E-state index in [0.717, 1.165) is 42.8 Å². The van der Waals surface area contributed by atoms with Gasteiger partial charge in [-0.2, -0.15) is 9.61 Å². The molecule has 5 nitrogen and oxygen atoms in total. The molecule has 1 unspecified atom stereocenters. The van der Waals surface area contributed by atoms with Crippen LogP contribution in [0.2, 0.25) is 0 Å². The van der Waals surface area contributed by atoms with Crippen LogP contribution in [-0.2, 0) is 0 Å². The topological polar surface area (TPSA) is 68.2 Å². The second-order valence-electron chi connectivity index (χ2n) is 5.89. The maximum Gasteiger partial charge on any atom is 0.157 e. The van der Waals surface area contributed by atoms with Crippen LogP contribution in [0.3, 0.4) is 0 Å². The monoisotopic (exact) mass is 273 g/mol. The highest BCUT2D eigenvalue weighted by Crippen LogP contribution is 2.25. The lowest BCUT2D eigenvalue weighted by Crippen LogP contribution is -2.22. The Balaban J connectivity index is 1.93. The molecule has 0 spiro atoms. The molecule has 1 fully saturated rings. The van der Waals surface area contributed by atoms with Gasteiger partial charge in [0.1, 0.15) is 5.82 Å². The number of nitrogens with zero attached hydrogens (tertiary/aromatic N) is 3. The van der Waals surface area contributed by atoms with Crippen molar-refractivity contribution in [2.45, 2.75) is 57.5 Å². The average molecular weight is 273 g/mol. The third-order valence-corrected chi connectivity index (χ3v) is 4.32. The molecule has 1 aliphatic rings. The molecule has 2 heterocycles. The minimum Gasteiger partial charge on any atom is -0.367 e. The van der Waals surface area contributed by atoms with Crippen molar-refractivity contribution < 1.29 is 0 Å². The molecular formula is C15H23N5. The van der Waals surface area contributed by atoms with Gasteiger partial charge in [-0.1, -0.05) is 13.8 Å². The van der Waals surface area contributed by atoms with Crippen molar-refractivity contribution in [3.63, 3.8) is 0 Å². The molecule has 2 aromatic rings. The Morgan fingerprint density at radius 1 is 1.50 bits per heavy atom. The number of anilines is 1. The molecule has 0 bridgehead atoms. The molecule has 3 atom stereocenters. The van der Waals surface area contributed by atoms with Gasteiger partial charge in [-0.05, 0) is 31.6 Å². The van der Waals surface area contributed by atoms with Gasteiger partial charge in [0.2, 0.25) is 0 Å². The van der Waals surface area contributed by atoms with Crippen molar-refractivity contribution >= 4 is 11.5 Å². The zero-order valence-electron chi connectivity index (χ0n) is 12.2. The van der Waals surface area contributed by atoms with E-state index in [9.17, 15) is 0 Å². The molecule has 108 valence electrons. The first-order valence-corrected chi connectivity index (χ1v) is 7.54. The zero-order valence-corrected chi connectivity index (χ0v) is 12.2. The third kappa shape index (κ3) is 2.50. The molecule has 2 aromatic heterocycles. The largest absolute Gasteiger partial charge is 0.367 e. The summed E-state index contributed by atoms with van der Waals surface area (Å²) >= 11 is 0. The van der Waals surface area contributed by atoms with Crippen LogP contribution in [0, 0.1) is 0 Å². The summed E-state index contributed by atoms with van der Waals surface area (Å²) in [7, 11) is 0. The summed E-state index contributed by atoms with van der Waals surface area (Å²) in [5, 5.41) is 7.97. The number of aromatic nitrogens is 3. The highest BCUT2D eigenvalue weighted by Gasteiger charge is 2.22. The predicted octanol–water partition coefficient (Wildman–Crippen LogP) is 2.53. The molecule has 0 amide bonds. The predicted molar refractivity (Wildman–Crippen MR) is 80.9 cm³/mol. The summed E-state index contributed by atoms with van der Waals surface area (Å²) in [5.41, 5.74) is 8.04. The van der Waals surface area contributed by atoms with Crippen LogP contribution < -0.4 is 11.1 Å². The lowest BCUT2D eigenvalue weighted by molar-refractivity contribution is 0.680. The molecule has 0 saturated heterocycles. The lowest BCUT2D eigenvalue weighted by Gasteiger charge is -2.17. The maximum absolute atomic E-state index is 6.00. The van der Waals surface area contributed by atoms with E-state index in [-0.39, 0.29) is 0 Å². The van der Waals surface area contributed by atoms with Gasteiger partial charge in [0.25, 0.3) is 0 Å². The fourth-order valence-corrected chi connectivity index (χ4v) is 2.85. The minimum absolute atomic E-state index is 0.330. The SMILES string of the molecule is CCC(C)c1cc(N[C@H]2CC[C@H](N)C2)n2nccc2n1. The van der Waals surface area contributed by atoms with Crippen LogP contribution in [0.4, 0.5) is 5.82 Å². The second kappa shape index (κ2) is 5.40. The number of nitrogens with one attached hydrogen (secondary N) is 1. The number of rotatable bonds is 4. The van der Waals surface area contributed by atoms with Crippen LogP contribution in [0.5, 0.6) is 0 Å². The van der Waals surface area contributed by atoms with Crippen LogP contribution in [-0.4, -0.2) is 26.7 Å².